The number of esters is 1. The molecule has 2 amide bonds. The minimum atomic E-state index is -0.527. The molecule has 0 aromatic carbocycles. The van der Waals surface area contributed by atoms with E-state index in [-0.39, 0.29) is 65.8 Å². The second-order valence-electron chi connectivity index (χ2n) is 9.83. The van der Waals surface area contributed by atoms with E-state index in [1.54, 1.807) is 20.8 Å². The molecule has 28 heavy (non-hydrogen) atoms. The summed E-state index contributed by atoms with van der Waals surface area (Å²) in [5.74, 6) is -0.572. The molecule has 6 heteroatoms. The van der Waals surface area contributed by atoms with E-state index in [1.807, 2.05) is 0 Å². The Balaban J connectivity index is 1.31. The maximum atomic E-state index is 12.9. The molecule has 0 radical (unpaired) electrons. The Labute approximate surface area is 165 Å². The number of fused-ring (bicyclic) bond motifs is 5. The molecule has 3 aliphatic carbocycles. The van der Waals surface area contributed by atoms with Gasteiger partial charge in [-0.1, -0.05) is 32.9 Å². The van der Waals surface area contributed by atoms with Crippen molar-refractivity contribution >= 4 is 23.6 Å². The van der Waals surface area contributed by atoms with E-state index in [0.29, 0.717) is 25.7 Å². The second-order valence-corrected chi connectivity index (χ2v) is 9.83. The minimum absolute atomic E-state index is 0.00588. The molecule has 1 aliphatic heterocycles. The molecule has 0 spiro atoms. The summed E-state index contributed by atoms with van der Waals surface area (Å²) in [7, 11) is 0. The number of ketones is 1. The number of allylic oxidation sites excluding steroid dienone is 2. The molecule has 0 aromatic rings. The first kappa shape index (κ1) is 19.3. The average molecular weight is 387 g/mol. The molecule has 4 rings (SSSR count). The van der Waals surface area contributed by atoms with Gasteiger partial charge >= 0.3 is 5.97 Å². The number of carbonyl (C=O) groups is 4. The zero-order valence-electron chi connectivity index (χ0n) is 16.8. The summed E-state index contributed by atoms with van der Waals surface area (Å²) < 4.78 is 5.23. The summed E-state index contributed by atoms with van der Waals surface area (Å²) in [6, 6.07) is -0.106. The van der Waals surface area contributed by atoms with Crippen LogP contribution in [-0.2, 0) is 23.9 Å². The molecule has 0 aromatic heterocycles. The Morgan fingerprint density at radius 3 is 2.04 bits per heavy atom. The number of hydrogen-bond acceptors (Lipinski definition) is 5. The number of likely N-dealkylation sites (tertiary alicyclic amines) is 1. The quantitative estimate of drug-likeness (QED) is 0.421. The van der Waals surface area contributed by atoms with E-state index in [9.17, 15) is 19.2 Å². The van der Waals surface area contributed by atoms with E-state index < -0.39 is 5.41 Å². The van der Waals surface area contributed by atoms with Gasteiger partial charge < -0.3 is 4.74 Å². The monoisotopic (exact) mass is 387 g/mol. The van der Waals surface area contributed by atoms with Crippen LogP contribution in [-0.4, -0.2) is 41.1 Å². The lowest BCUT2D eigenvalue weighted by atomic mass is 9.85. The summed E-state index contributed by atoms with van der Waals surface area (Å²) in [5.41, 5.74) is -0.527. The third kappa shape index (κ3) is 3.11. The number of ether oxygens (including phenoxy) is 1. The van der Waals surface area contributed by atoms with Crippen LogP contribution in [0.2, 0.25) is 0 Å². The van der Waals surface area contributed by atoms with Gasteiger partial charge in [-0.15, -0.1) is 0 Å². The Morgan fingerprint density at radius 1 is 1.00 bits per heavy atom. The van der Waals surface area contributed by atoms with Crippen molar-refractivity contribution in [2.45, 2.75) is 58.9 Å². The van der Waals surface area contributed by atoms with Gasteiger partial charge in [-0.25, -0.2) is 0 Å². The van der Waals surface area contributed by atoms with Crippen molar-refractivity contribution in [1.29, 1.82) is 0 Å². The molecule has 0 unspecified atom stereocenters. The van der Waals surface area contributed by atoms with Crippen molar-refractivity contribution in [1.82, 2.24) is 4.90 Å². The van der Waals surface area contributed by atoms with E-state index in [4.69, 9.17) is 4.74 Å². The molecule has 4 atom stereocenters. The van der Waals surface area contributed by atoms with Crippen LogP contribution in [0.4, 0.5) is 0 Å². The van der Waals surface area contributed by atoms with Gasteiger partial charge in [0.2, 0.25) is 11.8 Å². The van der Waals surface area contributed by atoms with E-state index in [1.165, 1.54) is 4.90 Å². The molecule has 2 saturated carbocycles. The lowest BCUT2D eigenvalue weighted by Crippen LogP contribution is -2.44. The molecular weight excluding hydrogens is 358 g/mol. The second kappa shape index (κ2) is 6.82. The van der Waals surface area contributed by atoms with Crippen LogP contribution >= 0.6 is 0 Å². The molecule has 2 bridgehead atoms. The predicted octanol–water partition coefficient (Wildman–Crippen LogP) is 2.51. The summed E-state index contributed by atoms with van der Waals surface area (Å²) in [5, 5.41) is 0. The van der Waals surface area contributed by atoms with Gasteiger partial charge in [0.05, 0.1) is 17.8 Å². The highest BCUT2D eigenvalue weighted by atomic mass is 16.5. The number of amides is 2. The summed E-state index contributed by atoms with van der Waals surface area (Å²) in [4.78, 5) is 51.6. The molecule has 4 aliphatic rings. The zero-order valence-corrected chi connectivity index (χ0v) is 16.8. The summed E-state index contributed by atoms with van der Waals surface area (Å²) >= 11 is 0. The average Bonchev–Trinajstić information content (AvgIpc) is 3.32. The topological polar surface area (TPSA) is 80.8 Å². The van der Waals surface area contributed by atoms with Crippen LogP contribution in [0.5, 0.6) is 0 Å². The van der Waals surface area contributed by atoms with Crippen LogP contribution in [0.1, 0.15) is 52.9 Å². The summed E-state index contributed by atoms with van der Waals surface area (Å²) in [6.45, 7) is 5.21. The molecule has 1 saturated heterocycles. The smallest absolute Gasteiger partial charge is 0.309 e. The van der Waals surface area contributed by atoms with Gasteiger partial charge in [0.25, 0.3) is 0 Å². The molecule has 152 valence electrons. The van der Waals surface area contributed by atoms with Gasteiger partial charge in [-0.05, 0) is 43.9 Å². The largest absolute Gasteiger partial charge is 0.457 e. The molecule has 3 fully saturated rings. The Morgan fingerprint density at radius 2 is 1.54 bits per heavy atom. The fourth-order valence-electron chi connectivity index (χ4n) is 5.33. The first-order valence-electron chi connectivity index (χ1n) is 10.4. The number of nitrogens with zero attached hydrogens (tertiary/aromatic N) is 1. The zero-order chi connectivity index (χ0) is 20.2. The van der Waals surface area contributed by atoms with E-state index in [2.05, 4.69) is 12.2 Å². The number of Topliss-reactive ketones (excluding diaryl/α,β-unsaturated/α-hetero) is 1. The van der Waals surface area contributed by atoms with Crippen LogP contribution in [0.15, 0.2) is 12.2 Å². The van der Waals surface area contributed by atoms with Crippen LogP contribution in [0.25, 0.3) is 0 Å². The lowest BCUT2D eigenvalue weighted by Gasteiger charge is -2.33. The van der Waals surface area contributed by atoms with Crippen LogP contribution < -0.4 is 0 Å². The number of hydrogen-bond donors (Lipinski definition) is 0. The highest BCUT2D eigenvalue weighted by molar-refractivity contribution is 6.06. The van der Waals surface area contributed by atoms with Gasteiger partial charge in [0, 0.05) is 11.5 Å². The normalized spacial score (nSPS) is 36.8. The van der Waals surface area contributed by atoms with Gasteiger partial charge in [0.15, 0.2) is 12.4 Å². The van der Waals surface area contributed by atoms with Gasteiger partial charge in [0.1, 0.15) is 0 Å². The Bertz CT molecular complexity index is 711. The van der Waals surface area contributed by atoms with Crippen LogP contribution in [0, 0.1) is 35.0 Å². The van der Waals surface area contributed by atoms with E-state index >= 15 is 0 Å². The number of carbonyl (C=O) groups excluding carboxylic acids is 4. The van der Waals surface area contributed by atoms with E-state index in [0.717, 1.165) is 6.42 Å². The van der Waals surface area contributed by atoms with Crippen molar-refractivity contribution in [3.8, 4) is 0 Å². The van der Waals surface area contributed by atoms with Crippen molar-refractivity contribution in [3.63, 3.8) is 0 Å². The van der Waals surface area contributed by atoms with Crippen molar-refractivity contribution in [2.75, 3.05) is 6.61 Å². The first-order chi connectivity index (χ1) is 13.2. The number of imide groups is 1. The molecule has 1 heterocycles. The molecule has 0 N–H and O–H groups in total. The third-order valence-electron chi connectivity index (χ3n) is 7.08. The SMILES string of the molecule is CC(C)(C)C(=O)COC(=O)C1CCC(N2C(=O)[C@H]3[C@H](C2=O)[C@H]2C=C[C@H]3C2)CC1. The van der Waals surface area contributed by atoms with Crippen LogP contribution in [0.3, 0.4) is 0 Å². The maximum Gasteiger partial charge on any atom is 0.309 e. The third-order valence-corrected chi connectivity index (χ3v) is 7.08. The highest BCUT2D eigenvalue weighted by Gasteiger charge is 2.60. The molecule has 6 nitrogen and oxygen atoms in total. The molecular formula is C22H29NO5. The number of rotatable bonds is 4. The maximum absolute atomic E-state index is 12.9. The Hall–Kier alpha value is -1.98. The van der Waals surface area contributed by atoms with Crippen molar-refractivity contribution in [3.05, 3.63) is 12.2 Å². The minimum Gasteiger partial charge on any atom is -0.457 e. The van der Waals surface area contributed by atoms with Gasteiger partial charge in [-0.3, -0.25) is 24.1 Å². The fourth-order valence-corrected chi connectivity index (χ4v) is 5.33. The van der Waals surface area contributed by atoms with Crippen molar-refractivity contribution < 1.29 is 23.9 Å². The van der Waals surface area contributed by atoms with Gasteiger partial charge in [-0.2, -0.15) is 0 Å². The lowest BCUT2D eigenvalue weighted by molar-refractivity contribution is -0.155. The summed E-state index contributed by atoms with van der Waals surface area (Å²) in [6.07, 6.45) is 7.58. The van der Waals surface area contributed by atoms with Crippen molar-refractivity contribution in [2.24, 2.45) is 35.0 Å². The standard InChI is InChI=1S/C22H29NO5/c1-22(2,3)16(24)11-28-21(27)12-6-8-15(9-7-12)23-19(25)17-13-4-5-14(10-13)18(17)20(23)26/h4-5,12-15,17-18H,6-11H2,1-3H3/t12?,13-,14-,15?,17+,18+/m0/s1. The predicted molar refractivity (Wildman–Crippen MR) is 101 cm³/mol. The Kier molecular flexibility index (Phi) is 4.71. The first-order valence-corrected chi connectivity index (χ1v) is 10.4. The highest BCUT2D eigenvalue weighted by Crippen LogP contribution is 2.53. The fraction of sp³-hybridized carbons (Fsp3) is 0.727.